The molecule has 1 aliphatic heterocycles. The van der Waals surface area contributed by atoms with Crippen LogP contribution in [0.1, 0.15) is 12.0 Å². The van der Waals surface area contributed by atoms with Gasteiger partial charge in [-0.2, -0.15) is 0 Å². The van der Waals surface area contributed by atoms with E-state index in [1.54, 1.807) is 0 Å². The standard InChI is InChI=1S/C11H14ClNO/c12-11-4-2-1-3-9(11)7-13-10-5-6-14-8-10/h1-4,10,13H,5-8H2. The van der Waals surface area contributed by atoms with Gasteiger partial charge in [0.25, 0.3) is 0 Å². The van der Waals surface area contributed by atoms with Crippen LogP contribution in [-0.4, -0.2) is 19.3 Å². The van der Waals surface area contributed by atoms with Crippen molar-refractivity contribution in [1.29, 1.82) is 0 Å². The molecule has 3 heteroatoms. The van der Waals surface area contributed by atoms with Gasteiger partial charge >= 0.3 is 0 Å². The van der Waals surface area contributed by atoms with Crippen molar-refractivity contribution in [3.63, 3.8) is 0 Å². The summed E-state index contributed by atoms with van der Waals surface area (Å²) in [6.07, 6.45) is 1.10. The van der Waals surface area contributed by atoms with Gasteiger partial charge in [-0.1, -0.05) is 29.8 Å². The Bertz CT molecular complexity index is 297. The smallest absolute Gasteiger partial charge is 0.0620 e. The third-order valence-corrected chi connectivity index (χ3v) is 2.84. The first-order chi connectivity index (χ1) is 6.86. The molecule has 1 fully saturated rings. The van der Waals surface area contributed by atoms with Gasteiger partial charge in [0.05, 0.1) is 6.61 Å². The van der Waals surface area contributed by atoms with E-state index in [1.807, 2.05) is 24.3 Å². The molecule has 0 bridgehead atoms. The molecule has 0 spiro atoms. The first-order valence-electron chi connectivity index (χ1n) is 4.91. The van der Waals surface area contributed by atoms with E-state index in [4.69, 9.17) is 16.3 Å². The van der Waals surface area contributed by atoms with Gasteiger partial charge in [0.1, 0.15) is 0 Å². The van der Waals surface area contributed by atoms with Crippen LogP contribution in [0.2, 0.25) is 5.02 Å². The highest BCUT2D eigenvalue weighted by Gasteiger charge is 2.14. The maximum atomic E-state index is 6.04. The minimum atomic E-state index is 0.492. The van der Waals surface area contributed by atoms with Gasteiger partial charge in [0, 0.05) is 24.2 Å². The van der Waals surface area contributed by atoms with Crippen molar-refractivity contribution in [2.45, 2.75) is 19.0 Å². The van der Waals surface area contributed by atoms with Gasteiger partial charge in [-0.05, 0) is 18.1 Å². The first-order valence-corrected chi connectivity index (χ1v) is 5.28. The van der Waals surface area contributed by atoms with E-state index in [0.29, 0.717) is 6.04 Å². The van der Waals surface area contributed by atoms with Crippen LogP contribution < -0.4 is 5.32 Å². The molecule has 1 heterocycles. The monoisotopic (exact) mass is 211 g/mol. The van der Waals surface area contributed by atoms with Gasteiger partial charge < -0.3 is 10.1 Å². The Morgan fingerprint density at radius 1 is 1.43 bits per heavy atom. The Labute approximate surface area is 89.2 Å². The predicted molar refractivity (Wildman–Crippen MR) is 57.5 cm³/mol. The fourth-order valence-electron chi connectivity index (χ4n) is 1.59. The average Bonchev–Trinajstić information content (AvgIpc) is 2.69. The van der Waals surface area contributed by atoms with Crippen LogP contribution in [0.3, 0.4) is 0 Å². The number of halogens is 1. The molecule has 1 unspecified atom stereocenters. The molecule has 0 aliphatic carbocycles. The van der Waals surface area contributed by atoms with E-state index in [2.05, 4.69) is 5.32 Å². The summed E-state index contributed by atoms with van der Waals surface area (Å²) in [5.41, 5.74) is 1.15. The van der Waals surface area contributed by atoms with Crippen LogP contribution in [0.15, 0.2) is 24.3 Å². The lowest BCUT2D eigenvalue weighted by Gasteiger charge is -2.11. The lowest BCUT2D eigenvalue weighted by molar-refractivity contribution is 0.190. The normalized spacial score (nSPS) is 21.4. The van der Waals surface area contributed by atoms with Crippen molar-refractivity contribution < 1.29 is 4.74 Å². The highest BCUT2D eigenvalue weighted by Crippen LogP contribution is 2.15. The maximum absolute atomic E-state index is 6.04. The molecule has 1 atom stereocenters. The number of rotatable bonds is 3. The Balaban J connectivity index is 1.88. The topological polar surface area (TPSA) is 21.3 Å². The molecule has 1 aliphatic rings. The number of hydrogen-bond acceptors (Lipinski definition) is 2. The van der Waals surface area contributed by atoms with Crippen LogP contribution in [0.5, 0.6) is 0 Å². The second-order valence-electron chi connectivity index (χ2n) is 3.53. The molecule has 0 aromatic heterocycles. The molecule has 2 rings (SSSR count). The Morgan fingerprint density at radius 2 is 2.29 bits per heavy atom. The van der Waals surface area contributed by atoms with Gasteiger partial charge in [-0.3, -0.25) is 0 Å². The van der Waals surface area contributed by atoms with E-state index >= 15 is 0 Å². The SMILES string of the molecule is Clc1ccccc1CNC1CCOC1. The van der Waals surface area contributed by atoms with Gasteiger partial charge in [-0.15, -0.1) is 0 Å². The van der Waals surface area contributed by atoms with Crippen LogP contribution in [0, 0.1) is 0 Å². The number of nitrogens with one attached hydrogen (secondary N) is 1. The van der Waals surface area contributed by atoms with Crippen molar-refractivity contribution in [2.24, 2.45) is 0 Å². The molecule has 1 N–H and O–H groups in total. The molecule has 1 saturated heterocycles. The lowest BCUT2D eigenvalue weighted by Crippen LogP contribution is -2.28. The van der Waals surface area contributed by atoms with Crippen molar-refractivity contribution >= 4 is 11.6 Å². The predicted octanol–water partition coefficient (Wildman–Crippen LogP) is 2.22. The molecular weight excluding hydrogens is 198 g/mol. The zero-order chi connectivity index (χ0) is 9.80. The molecule has 0 saturated carbocycles. The van der Waals surface area contributed by atoms with E-state index in [9.17, 15) is 0 Å². The summed E-state index contributed by atoms with van der Waals surface area (Å²) in [6.45, 7) is 2.53. The molecule has 1 aromatic rings. The Morgan fingerprint density at radius 3 is 3.00 bits per heavy atom. The molecular formula is C11H14ClNO. The second kappa shape index (κ2) is 4.78. The van der Waals surface area contributed by atoms with Crippen LogP contribution in [-0.2, 0) is 11.3 Å². The van der Waals surface area contributed by atoms with Crippen molar-refractivity contribution in [3.05, 3.63) is 34.9 Å². The third kappa shape index (κ3) is 2.47. The molecule has 14 heavy (non-hydrogen) atoms. The second-order valence-corrected chi connectivity index (χ2v) is 3.94. The minimum Gasteiger partial charge on any atom is -0.380 e. The molecule has 0 radical (unpaired) electrons. The molecule has 76 valence electrons. The number of ether oxygens (including phenoxy) is 1. The average molecular weight is 212 g/mol. The fourth-order valence-corrected chi connectivity index (χ4v) is 1.79. The number of benzene rings is 1. The fraction of sp³-hybridized carbons (Fsp3) is 0.455. The maximum Gasteiger partial charge on any atom is 0.0620 e. The van der Waals surface area contributed by atoms with Gasteiger partial charge in [-0.25, -0.2) is 0 Å². The summed E-state index contributed by atoms with van der Waals surface area (Å²) in [5.74, 6) is 0. The van der Waals surface area contributed by atoms with Crippen molar-refractivity contribution in [2.75, 3.05) is 13.2 Å². The van der Waals surface area contributed by atoms with Crippen molar-refractivity contribution in [3.8, 4) is 0 Å². The van der Waals surface area contributed by atoms with Crippen molar-refractivity contribution in [1.82, 2.24) is 5.32 Å². The zero-order valence-corrected chi connectivity index (χ0v) is 8.76. The summed E-state index contributed by atoms with van der Waals surface area (Å²) in [5, 5.41) is 4.26. The Hall–Kier alpha value is -0.570. The largest absolute Gasteiger partial charge is 0.380 e. The molecule has 2 nitrogen and oxygen atoms in total. The van der Waals surface area contributed by atoms with E-state index in [0.717, 1.165) is 36.8 Å². The van der Waals surface area contributed by atoms with Crippen LogP contribution in [0.4, 0.5) is 0 Å². The highest BCUT2D eigenvalue weighted by molar-refractivity contribution is 6.31. The van der Waals surface area contributed by atoms with Gasteiger partial charge in [0.15, 0.2) is 0 Å². The summed E-state index contributed by atoms with van der Waals surface area (Å²) in [6, 6.07) is 8.42. The quantitative estimate of drug-likeness (QED) is 0.828. The summed E-state index contributed by atoms with van der Waals surface area (Å²) in [4.78, 5) is 0. The van der Waals surface area contributed by atoms with E-state index in [-0.39, 0.29) is 0 Å². The highest BCUT2D eigenvalue weighted by atomic mass is 35.5. The minimum absolute atomic E-state index is 0.492. The van der Waals surface area contributed by atoms with E-state index < -0.39 is 0 Å². The van der Waals surface area contributed by atoms with E-state index in [1.165, 1.54) is 0 Å². The van der Waals surface area contributed by atoms with Crippen LogP contribution in [0.25, 0.3) is 0 Å². The summed E-state index contributed by atoms with van der Waals surface area (Å²) >= 11 is 6.04. The first kappa shape index (κ1) is 9.97. The van der Waals surface area contributed by atoms with Gasteiger partial charge in [0.2, 0.25) is 0 Å². The zero-order valence-electron chi connectivity index (χ0n) is 8.00. The molecule has 1 aromatic carbocycles. The molecule has 0 amide bonds. The summed E-state index contributed by atoms with van der Waals surface area (Å²) < 4.78 is 5.28. The Kier molecular flexibility index (Phi) is 3.40. The number of hydrogen-bond donors (Lipinski definition) is 1. The summed E-state index contributed by atoms with van der Waals surface area (Å²) in [7, 11) is 0. The lowest BCUT2D eigenvalue weighted by atomic mass is 10.2. The third-order valence-electron chi connectivity index (χ3n) is 2.47. The van der Waals surface area contributed by atoms with Crippen LogP contribution >= 0.6 is 11.6 Å².